The molecule has 0 atom stereocenters. The normalized spacial score (nSPS) is 11.8. The molecule has 2 rings (SSSR count). The number of rotatable bonds is 7. The fourth-order valence-corrected chi connectivity index (χ4v) is 3.16. The molecule has 120 valence electrons. The number of aromatic nitrogens is 2. The van der Waals surface area contributed by atoms with Crippen molar-refractivity contribution in [1.82, 2.24) is 14.1 Å². The molecule has 0 fully saturated rings. The van der Waals surface area contributed by atoms with Gasteiger partial charge in [-0.2, -0.15) is 9.40 Å². The second-order valence-electron chi connectivity index (χ2n) is 5.10. The molecule has 2 aromatic rings. The fraction of sp³-hybridized carbons (Fsp3) is 0.400. The van der Waals surface area contributed by atoms with E-state index in [1.807, 2.05) is 6.92 Å². The van der Waals surface area contributed by atoms with Crippen molar-refractivity contribution >= 4 is 10.0 Å². The number of ether oxygens (including phenoxy) is 1. The van der Waals surface area contributed by atoms with Gasteiger partial charge in [0.25, 0.3) is 0 Å². The zero-order valence-electron chi connectivity index (χ0n) is 13.1. The van der Waals surface area contributed by atoms with Crippen LogP contribution in [0.5, 0.6) is 5.75 Å². The van der Waals surface area contributed by atoms with Crippen molar-refractivity contribution in [3.05, 3.63) is 42.2 Å². The van der Waals surface area contributed by atoms with Crippen LogP contribution in [0.3, 0.4) is 0 Å². The van der Waals surface area contributed by atoms with Crippen molar-refractivity contribution in [2.45, 2.75) is 24.8 Å². The van der Waals surface area contributed by atoms with Gasteiger partial charge in [0.1, 0.15) is 5.75 Å². The Morgan fingerprint density at radius 2 is 1.95 bits per heavy atom. The predicted octanol–water partition coefficient (Wildman–Crippen LogP) is 2.03. The first-order valence-corrected chi connectivity index (χ1v) is 8.54. The first kappa shape index (κ1) is 16.5. The van der Waals surface area contributed by atoms with Gasteiger partial charge in [0.05, 0.1) is 17.7 Å². The highest BCUT2D eigenvalue weighted by atomic mass is 32.2. The molecule has 0 spiro atoms. The summed E-state index contributed by atoms with van der Waals surface area (Å²) in [5, 5.41) is 4.04. The van der Waals surface area contributed by atoms with E-state index in [4.69, 9.17) is 4.74 Å². The molecule has 1 aromatic carbocycles. The van der Waals surface area contributed by atoms with Gasteiger partial charge in [-0.3, -0.25) is 4.68 Å². The summed E-state index contributed by atoms with van der Waals surface area (Å²) >= 11 is 0. The summed E-state index contributed by atoms with van der Waals surface area (Å²) in [5.74, 6) is 0.677. The Morgan fingerprint density at radius 1 is 1.27 bits per heavy atom. The van der Waals surface area contributed by atoms with E-state index < -0.39 is 10.0 Å². The van der Waals surface area contributed by atoms with Gasteiger partial charge in [0, 0.05) is 32.4 Å². The van der Waals surface area contributed by atoms with Crippen LogP contribution in [0.15, 0.2) is 41.6 Å². The molecule has 0 unspecified atom stereocenters. The minimum atomic E-state index is -3.52. The highest BCUT2D eigenvalue weighted by molar-refractivity contribution is 7.89. The van der Waals surface area contributed by atoms with E-state index in [9.17, 15) is 8.42 Å². The van der Waals surface area contributed by atoms with Crippen LogP contribution in [0.4, 0.5) is 0 Å². The number of nitrogens with zero attached hydrogens (tertiary/aromatic N) is 3. The van der Waals surface area contributed by atoms with Crippen LogP contribution >= 0.6 is 0 Å². The Labute approximate surface area is 131 Å². The number of aryl methyl sites for hydroxylation is 1. The highest BCUT2D eigenvalue weighted by Crippen LogP contribution is 2.20. The summed E-state index contributed by atoms with van der Waals surface area (Å²) in [7, 11) is -0.166. The quantitative estimate of drug-likeness (QED) is 0.782. The maximum absolute atomic E-state index is 12.5. The van der Waals surface area contributed by atoms with Gasteiger partial charge < -0.3 is 4.74 Å². The van der Waals surface area contributed by atoms with Crippen molar-refractivity contribution in [3.63, 3.8) is 0 Å². The first-order chi connectivity index (χ1) is 10.4. The van der Waals surface area contributed by atoms with Gasteiger partial charge in [-0.05, 0) is 30.7 Å². The third-order valence-electron chi connectivity index (χ3n) is 3.17. The highest BCUT2D eigenvalue weighted by Gasteiger charge is 2.21. The number of sulfonamides is 1. The Kier molecular flexibility index (Phi) is 5.20. The van der Waals surface area contributed by atoms with Gasteiger partial charge in [-0.25, -0.2) is 8.42 Å². The molecular formula is C15H21N3O3S. The van der Waals surface area contributed by atoms with Crippen molar-refractivity contribution < 1.29 is 13.2 Å². The molecule has 0 amide bonds. The molecule has 0 radical (unpaired) electrons. The SMILES string of the molecule is CCCOc1ccc(S(=O)(=O)N(C)Cc2cnn(C)c2)cc1. The molecule has 22 heavy (non-hydrogen) atoms. The van der Waals surface area contributed by atoms with Crippen molar-refractivity contribution in [3.8, 4) is 5.75 Å². The van der Waals surface area contributed by atoms with E-state index in [2.05, 4.69) is 5.10 Å². The lowest BCUT2D eigenvalue weighted by Crippen LogP contribution is -2.26. The second kappa shape index (κ2) is 6.93. The van der Waals surface area contributed by atoms with E-state index in [-0.39, 0.29) is 11.4 Å². The summed E-state index contributed by atoms with van der Waals surface area (Å²) in [4.78, 5) is 0.253. The lowest BCUT2D eigenvalue weighted by Gasteiger charge is -2.16. The summed E-state index contributed by atoms with van der Waals surface area (Å²) in [6.45, 7) is 2.92. The topological polar surface area (TPSA) is 64.4 Å². The molecule has 0 aliphatic heterocycles. The fourth-order valence-electron chi connectivity index (χ4n) is 2.00. The average Bonchev–Trinajstić information content (AvgIpc) is 2.90. The Morgan fingerprint density at radius 3 is 2.50 bits per heavy atom. The second-order valence-corrected chi connectivity index (χ2v) is 7.15. The molecule has 6 nitrogen and oxygen atoms in total. The van der Waals surface area contributed by atoms with Crippen LogP contribution in [-0.2, 0) is 23.6 Å². The largest absolute Gasteiger partial charge is 0.494 e. The van der Waals surface area contributed by atoms with E-state index in [0.717, 1.165) is 12.0 Å². The van der Waals surface area contributed by atoms with Crippen LogP contribution in [0.2, 0.25) is 0 Å². The molecule has 1 heterocycles. The molecule has 0 aliphatic rings. The maximum Gasteiger partial charge on any atom is 0.243 e. The summed E-state index contributed by atoms with van der Waals surface area (Å²) in [6, 6.07) is 6.50. The van der Waals surface area contributed by atoms with E-state index in [1.54, 1.807) is 55.4 Å². The van der Waals surface area contributed by atoms with Crippen LogP contribution < -0.4 is 4.74 Å². The van der Waals surface area contributed by atoms with E-state index in [0.29, 0.717) is 12.4 Å². The third-order valence-corrected chi connectivity index (χ3v) is 4.99. The molecule has 0 N–H and O–H groups in total. The molecule has 7 heteroatoms. The summed E-state index contributed by atoms with van der Waals surface area (Å²) in [6.07, 6.45) is 4.37. The standard InChI is InChI=1S/C15H21N3O3S/c1-4-9-21-14-5-7-15(8-6-14)22(19,20)18(3)12-13-10-16-17(2)11-13/h5-8,10-11H,4,9,12H2,1-3H3. The Bertz CT molecular complexity index is 708. The zero-order valence-corrected chi connectivity index (χ0v) is 13.9. The molecule has 0 saturated heterocycles. The Hall–Kier alpha value is -1.86. The number of benzene rings is 1. The molecule has 1 aromatic heterocycles. The van der Waals surface area contributed by atoms with Crippen LogP contribution in [0.1, 0.15) is 18.9 Å². The summed E-state index contributed by atoms with van der Waals surface area (Å²) in [5.41, 5.74) is 0.844. The van der Waals surface area contributed by atoms with Crippen LogP contribution in [-0.4, -0.2) is 36.2 Å². The van der Waals surface area contributed by atoms with Gasteiger partial charge in [-0.15, -0.1) is 0 Å². The average molecular weight is 323 g/mol. The minimum Gasteiger partial charge on any atom is -0.494 e. The van der Waals surface area contributed by atoms with Gasteiger partial charge in [-0.1, -0.05) is 6.92 Å². The molecular weight excluding hydrogens is 302 g/mol. The predicted molar refractivity (Wildman–Crippen MR) is 84.1 cm³/mol. The smallest absolute Gasteiger partial charge is 0.243 e. The van der Waals surface area contributed by atoms with Gasteiger partial charge >= 0.3 is 0 Å². The Balaban J connectivity index is 2.11. The lowest BCUT2D eigenvalue weighted by molar-refractivity contribution is 0.317. The third kappa shape index (κ3) is 3.86. The monoisotopic (exact) mass is 323 g/mol. The van der Waals surface area contributed by atoms with Crippen molar-refractivity contribution in [2.24, 2.45) is 7.05 Å². The number of hydrogen-bond acceptors (Lipinski definition) is 4. The van der Waals surface area contributed by atoms with Crippen LogP contribution in [0.25, 0.3) is 0 Å². The first-order valence-electron chi connectivity index (χ1n) is 7.10. The van der Waals surface area contributed by atoms with Crippen molar-refractivity contribution in [1.29, 1.82) is 0 Å². The molecule has 0 aliphatic carbocycles. The molecule has 0 bridgehead atoms. The van der Waals surface area contributed by atoms with E-state index >= 15 is 0 Å². The van der Waals surface area contributed by atoms with E-state index in [1.165, 1.54) is 4.31 Å². The lowest BCUT2D eigenvalue weighted by atomic mass is 10.3. The maximum atomic E-state index is 12.5. The van der Waals surface area contributed by atoms with Gasteiger partial charge in [0.2, 0.25) is 10.0 Å². The van der Waals surface area contributed by atoms with Gasteiger partial charge in [0.15, 0.2) is 0 Å². The molecule has 0 saturated carbocycles. The van der Waals surface area contributed by atoms with Crippen LogP contribution in [0, 0.1) is 0 Å². The van der Waals surface area contributed by atoms with Crippen molar-refractivity contribution in [2.75, 3.05) is 13.7 Å². The zero-order chi connectivity index (χ0) is 16.2. The number of hydrogen-bond donors (Lipinski definition) is 0. The summed E-state index contributed by atoms with van der Waals surface area (Å²) < 4.78 is 33.5. The minimum absolute atomic E-state index is 0.253.